The van der Waals surface area contributed by atoms with Crippen LogP contribution in [-0.2, 0) is 11.3 Å². The predicted octanol–water partition coefficient (Wildman–Crippen LogP) is 2.15. The largest absolute Gasteiger partial charge is 0.273 e. The topological polar surface area (TPSA) is 23.6 Å². The Hall–Kier alpha value is -1.35. The van der Waals surface area contributed by atoms with Crippen LogP contribution in [0.5, 0.6) is 0 Å². The number of nitrogens with zero attached hydrogens (tertiary/aromatic N) is 2. The van der Waals surface area contributed by atoms with Crippen LogP contribution in [0.3, 0.4) is 0 Å². The second-order valence-electron chi connectivity index (χ2n) is 4.38. The summed E-state index contributed by atoms with van der Waals surface area (Å²) >= 11 is 0. The van der Waals surface area contributed by atoms with Gasteiger partial charge in [-0.25, -0.2) is 5.01 Å². The van der Waals surface area contributed by atoms with Crippen LogP contribution in [-0.4, -0.2) is 30.0 Å². The van der Waals surface area contributed by atoms with Gasteiger partial charge in [-0.3, -0.25) is 9.80 Å². The van der Waals surface area contributed by atoms with E-state index < -0.39 is 0 Å². The van der Waals surface area contributed by atoms with Gasteiger partial charge in [-0.15, -0.1) is 0 Å². The monoisotopic (exact) mass is 220 g/mol. The summed E-state index contributed by atoms with van der Waals surface area (Å²) in [6.45, 7) is 4.47. The Labute approximate surface area is 97.6 Å². The first-order valence-corrected chi connectivity index (χ1v) is 5.55. The number of hydrazine groups is 1. The molecule has 0 N–H and O–H groups in total. The number of amides is 1. The fourth-order valence-electron chi connectivity index (χ4n) is 1.47. The van der Waals surface area contributed by atoms with Gasteiger partial charge in [0.1, 0.15) is 0 Å². The minimum Gasteiger partial charge on any atom is -0.273 e. The Morgan fingerprint density at radius 1 is 1.19 bits per heavy atom. The van der Waals surface area contributed by atoms with E-state index in [2.05, 4.69) is 0 Å². The number of hydrogen-bond acceptors (Lipinski definition) is 2. The van der Waals surface area contributed by atoms with Crippen molar-refractivity contribution in [2.75, 3.05) is 14.1 Å². The van der Waals surface area contributed by atoms with Gasteiger partial charge in [0.2, 0.25) is 5.91 Å². The first-order chi connectivity index (χ1) is 7.52. The highest BCUT2D eigenvalue weighted by Crippen LogP contribution is 2.09. The van der Waals surface area contributed by atoms with Crippen molar-refractivity contribution in [1.82, 2.24) is 10.0 Å². The van der Waals surface area contributed by atoms with E-state index >= 15 is 0 Å². The molecule has 0 atom stereocenters. The standard InChI is InChI=1S/C13H20N2O/c1-11(2)13(16)15(14(3)4)10-12-8-6-5-7-9-12/h5-9,11H,10H2,1-4H3. The second kappa shape index (κ2) is 5.66. The molecule has 0 aliphatic rings. The number of benzene rings is 1. The molecular weight excluding hydrogens is 200 g/mol. The quantitative estimate of drug-likeness (QED) is 0.726. The molecule has 0 saturated carbocycles. The molecule has 0 aliphatic heterocycles. The van der Waals surface area contributed by atoms with Crippen LogP contribution in [0.2, 0.25) is 0 Å². The number of rotatable bonds is 4. The van der Waals surface area contributed by atoms with Crippen LogP contribution in [0.4, 0.5) is 0 Å². The maximum atomic E-state index is 12.0. The summed E-state index contributed by atoms with van der Waals surface area (Å²) in [5, 5.41) is 3.61. The average Bonchev–Trinajstić information content (AvgIpc) is 2.26. The summed E-state index contributed by atoms with van der Waals surface area (Å²) in [6.07, 6.45) is 0. The van der Waals surface area contributed by atoms with E-state index in [1.54, 1.807) is 5.01 Å². The summed E-state index contributed by atoms with van der Waals surface area (Å²) in [7, 11) is 3.78. The van der Waals surface area contributed by atoms with Crippen LogP contribution >= 0.6 is 0 Å². The lowest BCUT2D eigenvalue weighted by atomic mass is 10.1. The van der Waals surface area contributed by atoms with Crippen LogP contribution < -0.4 is 0 Å². The Kier molecular flexibility index (Phi) is 4.50. The zero-order valence-electron chi connectivity index (χ0n) is 10.5. The van der Waals surface area contributed by atoms with Crippen molar-refractivity contribution in [2.24, 2.45) is 5.92 Å². The van der Waals surface area contributed by atoms with E-state index in [9.17, 15) is 4.79 Å². The van der Waals surface area contributed by atoms with Crippen molar-refractivity contribution in [3.8, 4) is 0 Å². The lowest BCUT2D eigenvalue weighted by Crippen LogP contribution is -2.43. The molecule has 0 aromatic heterocycles. The Morgan fingerprint density at radius 2 is 1.75 bits per heavy atom. The molecule has 0 unspecified atom stereocenters. The molecule has 16 heavy (non-hydrogen) atoms. The number of hydrogen-bond donors (Lipinski definition) is 0. The summed E-state index contributed by atoms with van der Waals surface area (Å²) < 4.78 is 0. The van der Waals surface area contributed by atoms with E-state index in [1.807, 2.05) is 63.3 Å². The minimum atomic E-state index is 0.0195. The maximum absolute atomic E-state index is 12.0. The van der Waals surface area contributed by atoms with Crippen LogP contribution in [0.25, 0.3) is 0 Å². The summed E-state index contributed by atoms with van der Waals surface area (Å²) in [4.78, 5) is 12.0. The fraction of sp³-hybridized carbons (Fsp3) is 0.462. The molecule has 3 nitrogen and oxygen atoms in total. The highest BCUT2D eigenvalue weighted by atomic mass is 16.2. The Bertz CT molecular complexity index is 333. The van der Waals surface area contributed by atoms with Gasteiger partial charge in [0.05, 0.1) is 6.54 Å². The van der Waals surface area contributed by atoms with E-state index in [0.29, 0.717) is 6.54 Å². The van der Waals surface area contributed by atoms with E-state index in [0.717, 1.165) is 5.56 Å². The van der Waals surface area contributed by atoms with Crippen LogP contribution in [0, 0.1) is 5.92 Å². The van der Waals surface area contributed by atoms with Crippen molar-refractivity contribution < 1.29 is 4.79 Å². The summed E-state index contributed by atoms with van der Waals surface area (Å²) in [5.41, 5.74) is 1.14. The lowest BCUT2D eigenvalue weighted by molar-refractivity contribution is -0.149. The Morgan fingerprint density at radius 3 is 2.19 bits per heavy atom. The van der Waals surface area contributed by atoms with Crippen molar-refractivity contribution in [1.29, 1.82) is 0 Å². The van der Waals surface area contributed by atoms with Gasteiger partial charge in [-0.2, -0.15) is 0 Å². The molecular formula is C13H20N2O. The summed E-state index contributed by atoms with van der Waals surface area (Å²) in [5.74, 6) is 0.167. The Balaban J connectivity index is 2.77. The molecule has 0 heterocycles. The van der Waals surface area contributed by atoms with Gasteiger partial charge in [-0.05, 0) is 5.56 Å². The maximum Gasteiger partial charge on any atom is 0.239 e. The highest BCUT2D eigenvalue weighted by Gasteiger charge is 2.18. The fourth-order valence-corrected chi connectivity index (χ4v) is 1.47. The highest BCUT2D eigenvalue weighted by molar-refractivity contribution is 5.77. The van der Waals surface area contributed by atoms with Crippen molar-refractivity contribution in [2.45, 2.75) is 20.4 Å². The third-order valence-electron chi connectivity index (χ3n) is 2.41. The molecule has 0 spiro atoms. The van der Waals surface area contributed by atoms with Crippen molar-refractivity contribution in [3.63, 3.8) is 0 Å². The van der Waals surface area contributed by atoms with Gasteiger partial charge < -0.3 is 0 Å². The zero-order valence-corrected chi connectivity index (χ0v) is 10.5. The number of carbonyl (C=O) groups excluding carboxylic acids is 1. The van der Waals surface area contributed by atoms with Gasteiger partial charge in [-0.1, -0.05) is 44.2 Å². The third kappa shape index (κ3) is 3.35. The minimum absolute atomic E-state index is 0.0195. The van der Waals surface area contributed by atoms with E-state index in [-0.39, 0.29) is 11.8 Å². The smallest absolute Gasteiger partial charge is 0.239 e. The molecule has 1 amide bonds. The predicted molar refractivity (Wildman–Crippen MR) is 65.5 cm³/mol. The average molecular weight is 220 g/mol. The van der Waals surface area contributed by atoms with Crippen molar-refractivity contribution in [3.05, 3.63) is 35.9 Å². The first kappa shape index (κ1) is 12.7. The van der Waals surface area contributed by atoms with Crippen molar-refractivity contribution >= 4 is 5.91 Å². The molecule has 88 valence electrons. The molecule has 1 aromatic carbocycles. The lowest BCUT2D eigenvalue weighted by Gasteiger charge is -2.30. The van der Waals surface area contributed by atoms with Gasteiger partial charge in [0.25, 0.3) is 0 Å². The molecule has 0 saturated heterocycles. The van der Waals surface area contributed by atoms with Gasteiger partial charge >= 0.3 is 0 Å². The molecule has 0 aliphatic carbocycles. The molecule has 1 rings (SSSR count). The first-order valence-electron chi connectivity index (χ1n) is 5.55. The SMILES string of the molecule is CC(C)C(=O)N(Cc1ccccc1)N(C)C. The van der Waals surface area contributed by atoms with Gasteiger partial charge in [0, 0.05) is 20.0 Å². The van der Waals surface area contributed by atoms with Gasteiger partial charge in [0.15, 0.2) is 0 Å². The number of carbonyl (C=O) groups is 1. The molecule has 0 radical (unpaired) electrons. The zero-order chi connectivity index (χ0) is 12.1. The van der Waals surface area contributed by atoms with Crippen LogP contribution in [0.15, 0.2) is 30.3 Å². The van der Waals surface area contributed by atoms with Crippen LogP contribution in [0.1, 0.15) is 19.4 Å². The summed E-state index contributed by atoms with van der Waals surface area (Å²) in [6, 6.07) is 10.0. The molecule has 0 bridgehead atoms. The third-order valence-corrected chi connectivity index (χ3v) is 2.41. The normalized spacial score (nSPS) is 10.9. The molecule has 1 aromatic rings. The van der Waals surface area contributed by atoms with E-state index in [1.165, 1.54) is 0 Å². The van der Waals surface area contributed by atoms with E-state index in [4.69, 9.17) is 0 Å². The second-order valence-corrected chi connectivity index (χ2v) is 4.38. The molecule has 3 heteroatoms. The molecule has 0 fully saturated rings.